The molecule has 0 radical (unpaired) electrons. The van der Waals surface area contributed by atoms with Gasteiger partial charge in [0.1, 0.15) is 0 Å². The highest BCUT2D eigenvalue weighted by molar-refractivity contribution is 5.62. The first kappa shape index (κ1) is 18.7. The molecule has 2 rings (SSSR count). The highest BCUT2D eigenvalue weighted by atomic mass is 19.2. The second kappa shape index (κ2) is 7.98. The normalized spacial score (nSPS) is 25.3. The Morgan fingerprint density at radius 2 is 1.92 bits per heavy atom. The van der Waals surface area contributed by atoms with Crippen molar-refractivity contribution in [3.8, 4) is 5.75 Å². The average molecular weight is 348 g/mol. The van der Waals surface area contributed by atoms with E-state index in [2.05, 4.69) is 0 Å². The van der Waals surface area contributed by atoms with Gasteiger partial charge in [-0.15, -0.1) is 0 Å². The molecule has 0 saturated carbocycles. The minimum Gasteiger partial charge on any atom is -0.491 e. The molecule has 7 heteroatoms. The molecule has 24 heavy (non-hydrogen) atoms. The molecule has 1 aliphatic heterocycles. The maximum absolute atomic E-state index is 14.2. The molecule has 0 spiro atoms. The van der Waals surface area contributed by atoms with Crippen LogP contribution < -0.4 is 4.74 Å². The second-order valence-corrected chi connectivity index (χ2v) is 5.59. The van der Waals surface area contributed by atoms with Crippen molar-refractivity contribution < 1.29 is 31.8 Å². The predicted octanol–water partition coefficient (Wildman–Crippen LogP) is 4.71. The van der Waals surface area contributed by atoms with Gasteiger partial charge in [-0.2, -0.15) is 0 Å². The number of rotatable bonds is 6. The van der Waals surface area contributed by atoms with Gasteiger partial charge < -0.3 is 14.2 Å². The molecule has 0 bridgehead atoms. The van der Waals surface area contributed by atoms with Crippen molar-refractivity contribution in [1.29, 1.82) is 0 Å². The Labute approximate surface area is 138 Å². The maximum atomic E-state index is 14.2. The quantitative estimate of drug-likeness (QED) is 0.697. The molecule has 134 valence electrons. The standard InChI is InChI=1S/C17H20F4O3/c1-3-7-17(21)9-23-16(24-10-17)15(20)14(19)11-5-6-13(22-4-2)12(18)8-11/h5-6,8,16H,3-4,7,9-10H2,1-2H3/b15-14+. The smallest absolute Gasteiger partial charge is 0.214 e. The van der Waals surface area contributed by atoms with Crippen molar-refractivity contribution in [3.63, 3.8) is 0 Å². The van der Waals surface area contributed by atoms with Gasteiger partial charge >= 0.3 is 0 Å². The average Bonchev–Trinajstić information content (AvgIpc) is 2.56. The third-order valence-corrected chi connectivity index (χ3v) is 3.59. The van der Waals surface area contributed by atoms with Crippen LogP contribution in [0.3, 0.4) is 0 Å². The summed E-state index contributed by atoms with van der Waals surface area (Å²) in [7, 11) is 0. The van der Waals surface area contributed by atoms with Crippen LogP contribution in [0.15, 0.2) is 24.0 Å². The molecular formula is C17H20F4O3. The molecule has 3 nitrogen and oxygen atoms in total. The van der Waals surface area contributed by atoms with Gasteiger partial charge in [-0.1, -0.05) is 13.3 Å². The summed E-state index contributed by atoms with van der Waals surface area (Å²) < 4.78 is 71.2. The number of ether oxygens (including phenoxy) is 3. The summed E-state index contributed by atoms with van der Waals surface area (Å²) in [5.74, 6) is -3.53. The van der Waals surface area contributed by atoms with E-state index >= 15 is 0 Å². The zero-order chi connectivity index (χ0) is 17.7. The number of halogens is 4. The molecule has 1 saturated heterocycles. The first-order chi connectivity index (χ1) is 11.4. The SMILES string of the molecule is CCCC1(F)COC(/C(F)=C(\F)c2ccc(OCC)c(F)c2)OC1. The van der Waals surface area contributed by atoms with E-state index in [0.29, 0.717) is 6.42 Å². The zero-order valence-corrected chi connectivity index (χ0v) is 13.6. The lowest BCUT2D eigenvalue weighted by Gasteiger charge is -2.33. The van der Waals surface area contributed by atoms with Gasteiger partial charge in [0.25, 0.3) is 0 Å². The third kappa shape index (κ3) is 4.27. The van der Waals surface area contributed by atoms with E-state index in [1.54, 1.807) is 13.8 Å². The molecule has 1 aromatic rings. The molecule has 1 aliphatic rings. The lowest BCUT2D eigenvalue weighted by Crippen LogP contribution is -2.44. The van der Waals surface area contributed by atoms with E-state index in [1.165, 1.54) is 12.1 Å². The van der Waals surface area contributed by atoms with Crippen LogP contribution in [0.1, 0.15) is 32.3 Å². The Morgan fingerprint density at radius 3 is 2.46 bits per heavy atom. The highest BCUT2D eigenvalue weighted by Gasteiger charge is 2.38. The van der Waals surface area contributed by atoms with E-state index in [1.807, 2.05) is 0 Å². The molecule has 0 N–H and O–H groups in total. The summed E-state index contributed by atoms with van der Waals surface area (Å²) in [6.45, 7) is 2.95. The Morgan fingerprint density at radius 1 is 1.25 bits per heavy atom. The summed E-state index contributed by atoms with van der Waals surface area (Å²) in [5, 5.41) is 0. The fourth-order valence-electron chi connectivity index (χ4n) is 2.43. The van der Waals surface area contributed by atoms with Crippen LogP contribution in [-0.2, 0) is 9.47 Å². The molecule has 0 unspecified atom stereocenters. The second-order valence-electron chi connectivity index (χ2n) is 5.59. The van der Waals surface area contributed by atoms with Crippen molar-refractivity contribution in [2.75, 3.05) is 19.8 Å². The van der Waals surface area contributed by atoms with Crippen LogP contribution in [0.4, 0.5) is 17.6 Å². The van der Waals surface area contributed by atoms with E-state index in [-0.39, 0.29) is 37.6 Å². The van der Waals surface area contributed by atoms with Gasteiger partial charge in [0.15, 0.2) is 28.9 Å². The van der Waals surface area contributed by atoms with Crippen molar-refractivity contribution in [2.45, 2.75) is 38.6 Å². The fraction of sp³-hybridized carbons (Fsp3) is 0.529. The fourth-order valence-corrected chi connectivity index (χ4v) is 2.43. The summed E-state index contributed by atoms with van der Waals surface area (Å²) in [5.41, 5.74) is -2.01. The van der Waals surface area contributed by atoms with Crippen molar-refractivity contribution in [3.05, 3.63) is 35.4 Å². The van der Waals surface area contributed by atoms with E-state index in [4.69, 9.17) is 14.2 Å². The Kier molecular flexibility index (Phi) is 6.23. The van der Waals surface area contributed by atoms with E-state index in [0.717, 1.165) is 6.07 Å². The van der Waals surface area contributed by atoms with Crippen molar-refractivity contribution in [1.82, 2.24) is 0 Å². The van der Waals surface area contributed by atoms with Gasteiger partial charge in [0.05, 0.1) is 19.8 Å². The monoisotopic (exact) mass is 348 g/mol. The van der Waals surface area contributed by atoms with Gasteiger partial charge in [0, 0.05) is 5.56 Å². The van der Waals surface area contributed by atoms with Crippen LogP contribution >= 0.6 is 0 Å². The molecule has 0 amide bonds. The maximum Gasteiger partial charge on any atom is 0.214 e. The highest BCUT2D eigenvalue weighted by Crippen LogP contribution is 2.32. The lowest BCUT2D eigenvalue weighted by molar-refractivity contribution is -0.223. The third-order valence-electron chi connectivity index (χ3n) is 3.59. The van der Waals surface area contributed by atoms with E-state index in [9.17, 15) is 17.6 Å². The molecular weight excluding hydrogens is 328 g/mol. The first-order valence-electron chi connectivity index (χ1n) is 7.80. The van der Waals surface area contributed by atoms with E-state index < -0.39 is 29.4 Å². The van der Waals surface area contributed by atoms with Crippen molar-refractivity contribution in [2.24, 2.45) is 0 Å². The summed E-state index contributed by atoms with van der Waals surface area (Å²) in [4.78, 5) is 0. The summed E-state index contributed by atoms with van der Waals surface area (Å²) >= 11 is 0. The zero-order valence-electron chi connectivity index (χ0n) is 13.6. The largest absolute Gasteiger partial charge is 0.491 e. The molecule has 1 aromatic carbocycles. The van der Waals surface area contributed by atoms with Crippen LogP contribution in [-0.4, -0.2) is 31.8 Å². The Balaban J connectivity index is 2.12. The number of hydrogen-bond donors (Lipinski definition) is 0. The first-order valence-corrected chi connectivity index (χ1v) is 7.80. The predicted molar refractivity (Wildman–Crippen MR) is 81.1 cm³/mol. The number of hydrogen-bond acceptors (Lipinski definition) is 3. The van der Waals surface area contributed by atoms with Gasteiger partial charge in [-0.25, -0.2) is 17.6 Å². The van der Waals surface area contributed by atoms with Crippen LogP contribution in [0, 0.1) is 5.82 Å². The molecule has 1 heterocycles. The number of alkyl halides is 1. The topological polar surface area (TPSA) is 27.7 Å². The van der Waals surface area contributed by atoms with Gasteiger partial charge in [0.2, 0.25) is 6.29 Å². The molecule has 0 aromatic heterocycles. The van der Waals surface area contributed by atoms with Crippen LogP contribution in [0.25, 0.3) is 5.83 Å². The van der Waals surface area contributed by atoms with Crippen molar-refractivity contribution >= 4 is 5.83 Å². The Bertz CT molecular complexity index is 595. The summed E-state index contributed by atoms with van der Waals surface area (Å²) in [6.07, 6.45) is -0.857. The molecule has 0 aliphatic carbocycles. The minimum atomic E-state index is -1.70. The number of benzene rings is 1. The van der Waals surface area contributed by atoms with Crippen LogP contribution in [0.5, 0.6) is 5.75 Å². The van der Waals surface area contributed by atoms with Crippen LogP contribution in [0.2, 0.25) is 0 Å². The van der Waals surface area contributed by atoms with Gasteiger partial charge in [-0.05, 0) is 31.5 Å². The Hall–Kier alpha value is -1.60. The van der Waals surface area contributed by atoms with Gasteiger partial charge in [-0.3, -0.25) is 0 Å². The molecule has 1 fully saturated rings. The lowest BCUT2D eigenvalue weighted by atomic mass is 10.0. The summed E-state index contributed by atoms with van der Waals surface area (Å²) in [6, 6.07) is 3.21. The molecule has 0 atom stereocenters. The minimum absolute atomic E-state index is 0.0543.